The number of rotatable bonds is 6. The van der Waals surface area contributed by atoms with Crippen molar-refractivity contribution in [3.63, 3.8) is 0 Å². The number of allylic oxidation sites excluding steroid dienone is 1. The molecule has 0 saturated heterocycles. The summed E-state index contributed by atoms with van der Waals surface area (Å²) in [5.74, 6) is 1.30. The molecular weight excluding hydrogens is 685 g/mol. The topological polar surface area (TPSA) is 61.4 Å². The Balaban J connectivity index is 1.21. The molecule has 6 aromatic carbocycles. The lowest BCUT2D eigenvalue weighted by atomic mass is 9.99. The van der Waals surface area contributed by atoms with Gasteiger partial charge in [0.15, 0.2) is 0 Å². The maximum Gasteiger partial charge on any atom is 0.235 e. The van der Waals surface area contributed by atoms with Crippen LogP contribution in [0.25, 0.3) is 95.7 Å². The van der Waals surface area contributed by atoms with Crippen molar-refractivity contribution < 1.29 is 0 Å². The van der Waals surface area contributed by atoms with E-state index in [-0.39, 0.29) is 0 Å². The van der Waals surface area contributed by atoms with Crippen LogP contribution in [-0.2, 0) is 6.42 Å². The Hall–Kier alpha value is -7.44. The van der Waals surface area contributed by atoms with Gasteiger partial charge in [-0.3, -0.25) is 9.13 Å². The molecule has 0 spiro atoms. The van der Waals surface area contributed by atoms with Gasteiger partial charge < -0.3 is 0 Å². The highest BCUT2D eigenvalue weighted by molar-refractivity contribution is 6.23. The van der Waals surface area contributed by atoms with Gasteiger partial charge in [0.2, 0.25) is 11.9 Å². The summed E-state index contributed by atoms with van der Waals surface area (Å²) in [4.78, 5) is 21.2. The lowest BCUT2D eigenvalue weighted by Crippen LogP contribution is -2.08. The second-order valence-corrected chi connectivity index (χ2v) is 14.2. The Morgan fingerprint density at radius 3 is 1.32 bits per heavy atom. The van der Waals surface area contributed by atoms with Crippen molar-refractivity contribution in [1.29, 1.82) is 0 Å². The maximum absolute atomic E-state index is 5.30. The van der Waals surface area contributed by atoms with Crippen molar-refractivity contribution in [2.45, 2.75) is 12.8 Å². The Morgan fingerprint density at radius 2 is 0.821 bits per heavy atom. The molecule has 1 aliphatic rings. The molecule has 0 bridgehead atoms. The van der Waals surface area contributed by atoms with Gasteiger partial charge in [-0.2, -0.15) is 0 Å². The van der Waals surface area contributed by atoms with Crippen LogP contribution in [0.4, 0.5) is 0 Å². The molecule has 0 fully saturated rings. The van der Waals surface area contributed by atoms with E-state index >= 15 is 0 Å². The molecule has 6 nitrogen and oxygen atoms in total. The van der Waals surface area contributed by atoms with Crippen LogP contribution in [-0.4, -0.2) is 29.1 Å². The van der Waals surface area contributed by atoms with Gasteiger partial charge in [-0.25, -0.2) is 19.9 Å². The molecule has 0 saturated carbocycles. The number of fused-ring (bicyclic) bond motifs is 7. The van der Waals surface area contributed by atoms with Crippen LogP contribution in [0.2, 0.25) is 0 Å². The van der Waals surface area contributed by atoms with Crippen LogP contribution < -0.4 is 0 Å². The third-order valence-electron chi connectivity index (χ3n) is 10.8. The summed E-state index contributed by atoms with van der Waals surface area (Å²) < 4.78 is 4.54. The summed E-state index contributed by atoms with van der Waals surface area (Å²) >= 11 is 0. The minimum Gasteiger partial charge on any atom is -0.282 e. The first-order chi connectivity index (χ1) is 27.8. The van der Waals surface area contributed by atoms with E-state index in [0.29, 0.717) is 11.9 Å². The van der Waals surface area contributed by atoms with Crippen molar-refractivity contribution in [2.24, 2.45) is 0 Å². The van der Waals surface area contributed by atoms with Crippen LogP contribution in [0.1, 0.15) is 17.7 Å². The smallest absolute Gasteiger partial charge is 0.235 e. The second-order valence-electron chi connectivity index (χ2n) is 14.2. The first-order valence-corrected chi connectivity index (χ1v) is 19.0. The first-order valence-electron chi connectivity index (χ1n) is 19.0. The molecule has 4 aromatic heterocycles. The van der Waals surface area contributed by atoms with E-state index in [2.05, 4.69) is 167 Å². The minimum absolute atomic E-state index is 0.631. The summed E-state index contributed by atoms with van der Waals surface area (Å²) in [6.07, 6.45) is 6.41. The van der Waals surface area contributed by atoms with Crippen LogP contribution in [0.15, 0.2) is 176 Å². The third kappa shape index (κ3) is 5.26. The molecule has 0 N–H and O–H groups in total. The van der Waals surface area contributed by atoms with Crippen LogP contribution >= 0.6 is 0 Å². The molecule has 0 atom stereocenters. The molecule has 6 heteroatoms. The van der Waals surface area contributed by atoms with Crippen LogP contribution in [0.3, 0.4) is 0 Å². The summed E-state index contributed by atoms with van der Waals surface area (Å²) in [7, 11) is 0. The number of hydrogen-bond acceptors (Lipinski definition) is 4. The van der Waals surface area contributed by atoms with E-state index in [1.165, 1.54) is 16.6 Å². The van der Waals surface area contributed by atoms with Gasteiger partial charge in [-0.05, 0) is 43.2 Å². The molecule has 264 valence electrons. The molecule has 4 heterocycles. The van der Waals surface area contributed by atoms with E-state index in [1.54, 1.807) is 0 Å². The SMILES string of the molecule is C1=Cc2c(n(-c3nc(-c4ccccc4)cc(-c4ccccc4)n3)c3ccc4c(c5ccccc5n4-c4nc(-c5ccccc5)cc(-c5ccccc5)n4)c23)CC1. The van der Waals surface area contributed by atoms with Gasteiger partial charge in [0.25, 0.3) is 0 Å². The molecule has 11 rings (SSSR count). The lowest BCUT2D eigenvalue weighted by molar-refractivity contribution is 0.848. The number of para-hydroxylation sites is 1. The van der Waals surface area contributed by atoms with Crippen molar-refractivity contribution in [3.05, 3.63) is 187 Å². The van der Waals surface area contributed by atoms with Gasteiger partial charge >= 0.3 is 0 Å². The molecular formula is C50H34N6. The molecule has 0 radical (unpaired) electrons. The summed E-state index contributed by atoms with van der Waals surface area (Å²) in [5, 5.41) is 3.49. The molecule has 0 unspecified atom stereocenters. The average Bonchev–Trinajstić information content (AvgIpc) is 3.80. The van der Waals surface area contributed by atoms with Crippen LogP contribution in [0, 0.1) is 0 Å². The average molecular weight is 719 g/mol. The molecule has 0 aliphatic heterocycles. The Bertz CT molecular complexity index is 2990. The van der Waals surface area contributed by atoms with Gasteiger partial charge in [0, 0.05) is 49.7 Å². The van der Waals surface area contributed by atoms with Gasteiger partial charge in [-0.1, -0.05) is 152 Å². The fourth-order valence-electron chi connectivity index (χ4n) is 8.31. The number of hydrogen-bond donors (Lipinski definition) is 0. The van der Waals surface area contributed by atoms with Crippen molar-refractivity contribution in [1.82, 2.24) is 29.1 Å². The molecule has 1 aliphatic carbocycles. The third-order valence-corrected chi connectivity index (χ3v) is 10.8. The second kappa shape index (κ2) is 13.1. The fourth-order valence-corrected chi connectivity index (χ4v) is 8.31. The van der Waals surface area contributed by atoms with Crippen molar-refractivity contribution in [3.8, 4) is 56.9 Å². The van der Waals surface area contributed by atoms with E-state index < -0.39 is 0 Å². The van der Waals surface area contributed by atoms with E-state index in [0.717, 1.165) is 85.2 Å². The van der Waals surface area contributed by atoms with Crippen molar-refractivity contribution in [2.75, 3.05) is 0 Å². The zero-order valence-electron chi connectivity index (χ0n) is 30.4. The maximum atomic E-state index is 5.30. The zero-order chi connectivity index (χ0) is 37.0. The Morgan fingerprint density at radius 1 is 0.393 bits per heavy atom. The highest BCUT2D eigenvalue weighted by Crippen LogP contribution is 2.43. The predicted molar refractivity (Wildman–Crippen MR) is 228 cm³/mol. The molecule has 0 amide bonds. The summed E-state index contributed by atoms with van der Waals surface area (Å²) in [6, 6.07) is 58.8. The predicted octanol–water partition coefficient (Wildman–Crippen LogP) is 11.9. The zero-order valence-corrected chi connectivity index (χ0v) is 30.4. The summed E-state index contributed by atoms with van der Waals surface area (Å²) in [6.45, 7) is 0. The molecule has 56 heavy (non-hydrogen) atoms. The number of benzene rings is 6. The van der Waals surface area contributed by atoms with E-state index in [4.69, 9.17) is 19.9 Å². The fraction of sp³-hybridized carbons (Fsp3) is 0.0400. The monoisotopic (exact) mass is 718 g/mol. The molecule has 10 aromatic rings. The summed E-state index contributed by atoms with van der Waals surface area (Å²) in [5.41, 5.74) is 13.3. The normalized spacial score (nSPS) is 12.4. The van der Waals surface area contributed by atoms with Gasteiger partial charge in [0.1, 0.15) is 0 Å². The minimum atomic E-state index is 0.631. The quantitative estimate of drug-likeness (QED) is 0.172. The standard InChI is InChI=1S/C50H34N6/c1-5-17-33(18-6-1)39-31-40(34-19-7-2-8-20-34)52-49(51-39)55-43-27-15-13-25-37(43)47-45(55)29-30-46-48(47)38-26-14-16-28-44(38)56(46)50-53-41(35-21-9-3-10-22-35)32-42(54-50)36-23-11-4-12-24-36/h1-15,17-27,29-32H,16,28H2. The van der Waals surface area contributed by atoms with Crippen LogP contribution in [0.5, 0.6) is 0 Å². The largest absolute Gasteiger partial charge is 0.282 e. The number of aromatic nitrogens is 6. The lowest BCUT2D eigenvalue weighted by Gasteiger charge is -2.14. The highest BCUT2D eigenvalue weighted by Gasteiger charge is 2.26. The van der Waals surface area contributed by atoms with Gasteiger partial charge in [-0.15, -0.1) is 0 Å². The Kier molecular flexibility index (Phi) is 7.52. The first kappa shape index (κ1) is 32.0. The van der Waals surface area contributed by atoms with E-state index in [9.17, 15) is 0 Å². The Labute approximate surface area is 323 Å². The van der Waals surface area contributed by atoms with Crippen molar-refractivity contribution >= 4 is 38.8 Å². The highest BCUT2D eigenvalue weighted by atomic mass is 15.2. The van der Waals surface area contributed by atoms with E-state index in [1.807, 2.05) is 24.3 Å². The van der Waals surface area contributed by atoms with Gasteiger partial charge in [0.05, 0.1) is 39.3 Å². The number of nitrogens with zero attached hydrogens (tertiary/aromatic N) is 6.